The molecule has 0 spiro atoms. The molecule has 20 heavy (non-hydrogen) atoms. The van der Waals surface area contributed by atoms with Crippen molar-refractivity contribution < 1.29 is 9.13 Å². The maximum Gasteiger partial charge on any atom is 0.123 e. The zero-order valence-electron chi connectivity index (χ0n) is 11.7. The molecule has 0 aromatic heterocycles. The summed E-state index contributed by atoms with van der Waals surface area (Å²) >= 11 is 0. The van der Waals surface area contributed by atoms with Gasteiger partial charge in [0.1, 0.15) is 11.6 Å². The van der Waals surface area contributed by atoms with Gasteiger partial charge in [-0.15, -0.1) is 0 Å². The number of hydrogen-bond donors (Lipinski definition) is 1. The molecule has 0 saturated heterocycles. The van der Waals surface area contributed by atoms with E-state index in [0.717, 1.165) is 29.9 Å². The average Bonchev–Trinajstić information content (AvgIpc) is 2.48. The summed E-state index contributed by atoms with van der Waals surface area (Å²) in [4.78, 5) is 0. The van der Waals surface area contributed by atoms with Crippen molar-refractivity contribution in [2.45, 2.75) is 25.8 Å². The van der Waals surface area contributed by atoms with Gasteiger partial charge in [0.2, 0.25) is 0 Å². The van der Waals surface area contributed by atoms with Gasteiger partial charge >= 0.3 is 0 Å². The molecule has 3 heteroatoms. The summed E-state index contributed by atoms with van der Waals surface area (Å²) in [5.41, 5.74) is 8.27. The van der Waals surface area contributed by atoms with Crippen LogP contribution in [0.15, 0.2) is 48.5 Å². The second kappa shape index (κ2) is 7.06. The fourth-order valence-electron chi connectivity index (χ4n) is 2.02. The molecule has 0 aliphatic heterocycles. The maximum absolute atomic E-state index is 12.8. The maximum atomic E-state index is 12.8. The molecule has 2 aromatic carbocycles. The first-order valence-corrected chi connectivity index (χ1v) is 6.92. The van der Waals surface area contributed by atoms with Gasteiger partial charge in [0, 0.05) is 6.04 Å². The van der Waals surface area contributed by atoms with Crippen molar-refractivity contribution in [3.05, 3.63) is 65.5 Å². The highest BCUT2D eigenvalue weighted by molar-refractivity contribution is 5.30. The highest BCUT2D eigenvalue weighted by Gasteiger charge is 2.07. The molecule has 1 atom stereocenters. The van der Waals surface area contributed by atoms with Crippen LogP contribution in [0, 0.1) is 5.82 Å². The van der Waals surface area contributed by atoms with E-state index in [9.17, 15) is 4.39 Å². The molecule has 1 unspecified atom stereocenters. The summed E-state index contributed by atoms with van der Waals surface area (Å²) < 4.78 is 18.4. The van der Waals surface area contributed by atoms with Crippen molar-refractivity contribution >= 4 is 0 Å². The summed E-state index contributed by atoms with van der Waals surface area (Å²) in [7, 11) is 0. The van der Waals surface area contributed by atoms with E-state index < -0.39 is 0 Å². The van der Waals surface area contributed by atoms with E-state index in [1.807, 2.05) is 24.3 Å². The van der Waals surface area contributed by atoms with Gasteiger partial charge in [0.05, 0.1) is 6.61 Å². The molecule has 106 valence electrons. The molecule has 0 bridgehead atoms. The van der Waals surface area contributed by atoms with Gasteiger partial charge in [-0.2, -0.15) is 0 Å². The van der Waals surface area contributed by atoms with Gasteiger partial charge in [-0.05, 0) is 48.2 Å². The predicted octanol–water partition coefficient (Wildman–Crippen LogP) is 3.86. The fourth-order valence-corrected chi connectivity index (χ4v) is 2.02. The number of halogens is 1. The van der Waals surface area contributed by atoms with Crippen LogP contribution in [-0.2, 0) is 6.42 Å². The molecule has 2 nitrogen and oxygen atoms in total. The second-order valence-electron chi connectivity index (χ2n) is 4.85. The van der Waals surface area contributed by atoms with E-state index in [1.165, 1.54) is 12.1 Å². The first-order chi connectivity index (χ1) is 9.69. The first kappa shape index (κ1) is 14.5. The first-order valence-electron chi connectivity index (χ1n) is 6.92. The number of rotatable bonds is 6. The Morgan fingerprint density at radius 2 is 1.70 bits per heavy atom. The van der Waals surface area contributed by atoms with Gasteiger partial charge in [-0.25, -0.2) is 4.39 Å². The number of nitrogens with two attached hydrogens (primary N) is 1. The zero-order valence-corrected chi connectivity index (χ0v) is 11.7. The van der Waals surface area contributed by atoms with Gasteiger partial charge in [0.25, 0.3) is 0 Å². The number of ether oxygens (including phenoxy) is 1. The lowest BCUT2D eigenvalue weighted by Crippen LogP contribution is -2.13. The van der Waals surface area contributed by atoms with Crippen molar-refractivity contribution in [2.24, 2.45) is 5.73 Å². The Bertz CT molecular complexity index is 522. The van der Waals surface area contributed by atoms with Crippen molar-refractivity contribution in [1.29, 1.82) is 0 Å². The Hall–Kier alpha value is -1.87. The Labute approximate surface area is 119 Å². The molecule has 2 aromatic rings. The molecule has 0 aliphatic carbocycles. The Balaban J connectivity index is 1.98. The third-order valence-electron chi connectivity index (χ3n) is 3.15. The molecule has 0 heterocycles. The standard InChI is InChI=1S/C17H20FNO/c1-2-11-20-16-9-5-14(6-10-16)17(19)12-13-3-7-15(18)8-4-13/h3-10,17H,2,11-12,19H2,1H3. The van der Waals surface area contributed by atoms with Crippen LogP contribution in [-0.4, -0.2) is 6.61 Å². The molecular weight excluding hydrogens is 253 g/mol. The van der Waals surface area contributed by atoms with Crippen LogP contribution in [0.4, 0.5) is 4.39 Å². The van der Waals surface area contributed by atoms with Gasteiger partial charge in [0.15, 0.2) is 0 Å². The molecule has 2 N–H and O–H groups in total. The van der Waals surface area contributed by atoms with Crippen LogP contribution < -0.4 is 10.5 Å². The SMILES string of the molecule is CCCOc1ccc(C(N)Cc2ccc(F)cc2)cc1. The zero-order chi connectivity index (χ0) is 14.4. The van der Waals surface area contributed by atoms with Crippen LogP contribution in [0.5, 0.6) is 5.75 Å². The molecular formula is C17H20FNO. The topological polar surface area (TPSA) is 35.2 Å². The van der Waals surface area contributed by atoms with E-state index in [2.05, 4.69) is 6.92 Å². The van der Waals surface area contributed by atoms with E-state index in [0.29, 0.717) is 6.42 Å². The van der Waals surface area contributed by atoms with Crippen LogP contribution in [0.2, 0.25) is 0 Å². The summed E-state index contributed by atoms with van der Waals surface area (Å²) in [6, 6.07) is 14.2. The smallest absolute Gasteiger partial charge is 0.123 e. The van der Waals surface area contributed by atoms with Crippen LogP contribution in [0.3, 0.4) is 0 Å². The van der Waals surface area contributed by atoms with Crippen molar-refractivity contribution in [3.63, 3.8) is 0 Å². The molecule has 0 aliphatic rings. The molecule has 0 amide bonds. The molecule has 0 radical (unpaired) electrons. The third kappa shape index (κ3) is 4.07. The highest BCUT2D eigenvalue weighted by Crippen LogP contribution is 2.20. The van der Waals surface area contributed by atoms with Crippen molar-refractivity contribution in [2.75, 3.05) is 6.61 Å². The van der Waals surface area contributed by atoms with Gasteiger partial charge in [-0.3, -0.25) is 0 Å². The lowest BCUT2D eigenvalue weighted by atomic mass is 10.00. The predicted molar refractivity (Wildman–Crippen MR) is 79.3 cm³/mol. The summed E-state index contributed by atoms with van der Waals surface area (Å²) in [6.07, 6.45) is 1.68. The lowest BCUT2D eigenvalue weighted by Gasteiger charge is -2.13. The number of benzene rings is 2. The van der Waals surface area contributed by atoms with E-state index >= 15 is 0 Å². The fraction of sp³-hybridized carbons (Fsp3) is 0.294. The average molecular weight is 273 g/mol. The highest BCUT2D eigenvalue weighted by atomic mass is 19.1. The lowest BCUT2D eigenvalue weighted by molar-refractivity contribution is 0.317. The molecule has 0 fully saturated rings. The van der Waals surface area contributed by atoms with Crippen molar-refractivity contribution in [1.82, 2.24) is 0 Å². The summed E-state index contributed by atoms with van der Waals surface area (Å²) in [5.74, 6) is 0.643. The van der Waals surface area contributed by atoms with Crippen LogP contribution in [0.25, 0.3) is 0 Å². The third-order valence-corrected chi connectivity index (χ3v) is 3.15. The minimum atomic E-state index is -0.222. The Morgan fingerprint density at radius 3 is 2.30 bits per heavy atom. The van der Waals surface area contributed by atoms with E-state index in [-0.39, 0.29) is 11.9 Å². The summed E-state index contributed by atoms with van der Waals surface area (Å²) in [5, 5.41) is 0. The van der Waals surface area contributed by atoms with E-state index in [1.54, 1.807) is 12.1 Å². The monoisotopic (exact) mass is 273 g/mol. The molecule has 0 saturated carbocycles. The van der Waals surface area contributed by atoms with Crippen molar-refractivity contribution in [3.8, 4) is 5.75 Å². The Morgan fingerprint density at radius 1 is 1.05 bits per heavy atom. The molecule has 2 rings (SSSR count). The minimum Gasteiger partial charge on any atom is -0.494 e. The van der Waals surface area contributed by atoms with E-state index in [4.69, 9.17) is 10.5 Å². The van der Waals surface area contributed by atoms with Gasteiger partial charge < -0.3 is 10.5 Å². The van der Waals surface area contributed by atoms with Crippen LogP contribution >= 0.6 is 0 Å². The van der Waals surface area contributed by atoms with Crippen LogP contribution in [0.1, 0.15) is 30.5 Å². The Kier molecular flexibility index (Phi) is 5.13. The largest absolute Gasteiger partial charge is 0.494 e. The quantitative estimate of drug-likeness (QED) is 0.867. The number of hydrogen-bond acceptors (Lipinski definition) is 2. The van der Waals surface area contributed by atoms with Gasteiger partial charge in [-0.1, -0.05) is 31.2 Å². The minimum absolute atomic E-state index is 0.0966. The normalized spacial score (nSPS) is 12.2. The summed E-state index contributed by atoms with van der Waals surface area (Å²) in [6.45, 7) is 2.80. The second-order valence-corrected chi connectivity index (χ2v) is 4.85.